The summed E-state index contributed by atoms with van der Waals surface area (Å²) < 4.78 is 2.01. The standard InChI is InChI=1S/C23H29N5O2/c1-17(2)14-27(15-21-8-5-11-26(21)3)22(29)16-28(20-9-10-20)23(30)25-19-7-4-6-18(12-19)13-24/h4-8,11-12,17,20H,9-10,14-16H2,1-3H3,(H,25,30). The van der Waals surface area contributed by atoms with E-state index >= 15 is 0 Å². The summed E-state index contributed by atoms with van der Waals surface area (Å²) in [6.07, 6.45) is 3.77. The third-order valence-electron chi connectivity index (χ3n) is 5.14. The summed E-state index contributed by atoms with van der Waals surface area (Å²) in [4.78, 5) is 29.5. The Balaban J connectivity index is 1.70. The van der Waals surface area contributed by atoms with E-state index in [-0.39, 0.29) is 24.5 Å². The third kappa shape index (κ3) is 5.63. The predicted octanol–water partition coefficient (Wildman–Crippen LogP) is 3.58. The summed E-state index contributed by atoms with van der Waals surface area (Å²) >= 11 is 0. The van der Waals surface area contributed by atoms with Gasteiger partial charge in [-0.3, -0.25) is 4.79 Å². The van der Waals surface area contributed by atoms with Gasteiger partial charge < -0.3 is 19.7 Å². The van der Waals surface area contributed by atoms with Crippen molar-refractivity contribution in [3.8, 4) is 6.07 Å². The van der Waals surface area contributed by atoms with E-state index < -0.39 is 0 Å². The molecule has 1 heterocycles. The van der Waals surface area contributed by atoms with Gasteiger partial charge in [0, 0.05) is 37.2 Å². The molecule has 3 rings (SSSR count). The smallest absolute Gasteiger partial charge is 0.322 e. The number of hydrogen-bond acceptors (Lipinski definition) is 3. The maximum Gasteiger partial charge on any atom is 0.322 e. The Morgan fingerprint density at radius 1 is 1.27 bits per heavy atom. The first-order chi connectivity index (χ1) is 14.4. The minimum atomic E-state index is -0.302. The second-order valence-corrected chi connectivity index (χ2v) is 8.26. The first kappa shape index (κ1) is 21.4. The van der Waals surface area contributed by atoms with Crippen molar-refractivity contribution >= 4 is 17.6 Å². The molecule has 2 aromatic rings. The zero-order valence-electron chi connectivity index (χ0n) is 17.8. The SMILES string of the molecule is CC(C)CN(Cc1cccn1C)C(=O)CN(C(=O)Nc1cccc(C#N)c1)C1CC1. The Bertz CT molecular complexity index is 939. The van der Waals surface area contributed by atoms with Gasteiger partial charge in [0.05, 0.1) is 18.2 Å². The van der Waals surface area contributed by atoms with Crippen LogP contribution in [0.1, 0.15) is 37.9 Å². The topological polar surface area (TPSA) is 81.4 Å². The van der Waals surface area contributed by atoms with Crippen LogP contribution in [0.5, 0.6) is 0 Å². The van der Waals surface area contributed by atoms with Crippen LogP contribution in [0.4, 0.5) is 10.5 Å². The highest BCUT2D eigenvalue weighted by molar-refractivity contribution is 5.93. The number of urea groups is 1. The van der Waals surface area contributed by atoms with E-state index in [9.17, 15) is 9.59 Å². The van der Waals surface area contributed by atoms with Gasteiger partial charge in [-0.05, 0) is 49.1 Å². The molecule has 7 nitrogen and oxygen atoms in total. The maximum atomic E-state index is 13.2. The Labute approximate surface area is 177 Å². The van der Waals surface area contributed by atoms with Crippen LogP contribution in [0.2, 0.25) is 0 Å². The molecule has 0 aliphatic heterocycles. The van der Waals surface area contributed by atoms with Crippen molar-refractivity contribution in [2.75, 3.05) is 18.4 Å². The van der Waals surface area contributed by atoms with E-state index in [0.717, 1.165) is 18.5 Å². The van der Waals surface area contributed by atoms with Gasteiger partial charge in [-0.25, -0.2) is 4.79 Å². The molecule has 30 heavy (non-hydrogen) atoms. The average molecular weight is 408 g/mol. The van der Waals surface area contributed by atoms with Gasteiger partial charge in [-0.2, -0.15) is 5.26 Å². The van der Waals surface area contributed by atoms with Gasteiger partial charge in [0.15, 0.2) is 0 Å². The lowest BCUT2D eigenvalue weighted by Gasteiger charge is -2.29. The number of nitrogens with one attached hydrogen (secondary N) is 1. The fraction of sp³-hybridized carbons (Fsp3) is 0.435. The molecule has 1 saturated carbocycles. The van der Waals surface area contributed by atoms with Gasteiger partial charge in [-0.1, -0.05) is 19.9 Å². The molecule has 1 aliphatic carbocycles. The molecule has 1 aromatic carbocycles. The number of amides is 3. The number of nitriles is 1. The normalized spacial score (nSPS) is 13.0. The Hall–Kier alpha value is -3.27. The van der Waals surface area contributed by atoms with Crippen LogP contribution in [-0.4, -0.2) is 45.4 Å². The first-order valence-electron chi connectivity index (χ1n) is 10.3. The van der Waals surface area contributed by atoms with Crippen molar-refractivity contribution in [1.29, 1.82) is 5.26 Å². The average Bonchev–Trinajstić information content (AvgIpc) is 3.47. The van der Waals surface area contributed by atoms with Gasteiger partial charge in [0.1, 0.15) is 6.54 Å². The van der Waals surface area contributed by atoms with E-state index in [4.69, 9.17) is 5.26 Å². The number of anilines is 1. The number of carbonyl (C=O) groups excluding carboxylic acids is 2. The van der Waals surface area contributed by atoms with Crippen LogP contribution in [0, 0.1) is 17.2 Å². The fourth-order valence-electron chi connectivity index (χ4n) is 3.41. The molecule has 1 fully saturated rings. The van der Waals surface area contributed by atoms with E-state index in [1.54, 1.807) is 29.2 Å². The van der Waals surface area contributed by atoms with Crippen molar-refractivity contribution in [3.63, 3.8) is 0 Å². The summed E-state index contributed by atoms with van der Waals surface area (Å²) in [5.41, 5.74) is 2.09. The minimum Gasteiger partial charge on any atom is -0.353 e. The van der Waals surface area contributed by atoms with E-state index in [1.807, 2.05) is 34.8 Å². The second-order valence-electron chi connectivity index (χ2n) is 8.26. The first-order valence-corrected chi connectivity index (χ1v) is 10.3. The molecule has 0 saturated heterocycles. The zero-order valence-corrected chi connectivity index (χ0v) is 17.8. The highest BCUT2D eigenvalue weighted by atomic mass is 16.2. The summed E-state index contributed by atoms with van der Waals surface area (Å²) in [7, 11) is 1.96. The Kier molecular flexibility index (Phi) is 6.78. The number of carbonyl (C=O) groups is 2. The van der Waals surface area contributed by atoms with Crippen molar-refractivity contribution in [2.24, 2.45) is 13.0 Å². The molecule has 0 spiro atoms. The quantitative estimate of drug-likeness (QED) is 0.726. The van der Waals surface area contributed by atoms with Gasteiger partial charge in [-0.15, -0.1) is 0 Å². The minimum absolute atomic E-state index is 0.0472. The molecule has 0 bridgehead atoms. The molecule has 1 N–H and O–H groups in total. The second kappa shape index (κ2) is 9.49. The molecule has 7 heteroatoms. The fourth-order valence-corrected chi connectivity index (χ4v) is 3.41. The maximum absolute atomic E-state index is 13.2. The number of hydrogen-bond donors (Lipinski definition) is 1. The summed E-state index contributed by atoms with van der Waals surface area (Å²) in [6.45, 7) is 5.36. The molecule has 158 valence electrons. The third-order valence-corrected chi connectivity index (χ3v) is 5.14. The summed E-state index contributed by atoms with van der Waals surface area (Å²) in [5, 5.41) is 11.9. The van der Waals surface area contributed by atoms with Crippen LogP contribution in [0.15, 0.2) is 42.6 Å². The molecule has 3 amide bonds. The van der Waals surface area contributed by atoms with Crippen LogP contribution >= 0.6 is 0 Å². The monoisotopic (exact) mass is 407 g/mol. The highest BCUT2D eigenvalue weighted by Crippen LogP contribution is 2.28. The lowest BCUT2D eigenvalue weighted by atomic mass is 10.2. The van der Waals surface area contributed by atoms with Crippen molar-refractivity contribution in [3.05, 3.63) is 53.9 Å². The lowest BCUT2D eigenvalue weighted by Crippen LogP contribution is -2.46. The van der Waals surface area contributed by atoms with E-state index in [2.05, 4.69) is 25.2 Å². The zero-order chi connectivity index (χ0) is 21.7. The summed E-state index contributed by atoms with van der Waals surface area (Å²) in [6, 6.07) is 12.6. The number of nitrogens with zero attached hydrogens (tertiary/aromatic N) is 4. The molecule has 0 unspecified atom stereocenters. The number of benzene rings is 1. The van der Waals surface area contributed by atoms with Crippen LogP contribution in [0.25, 0.3) is 0 Å². The Morgan fingerprint density at radius 2 is 2.03 bits per heavy atom. The number of aromatic nitrogens is 1. The van der Waals surface area contributed by atoms with Gasteiger partial charge >= 0.3 is 6.03 Å². The predicted molar refractivity (Wildman–Crippen MR) is 116 cm³/mol. The number of rotatable bonds is 8. The van der Waals surface area contributed by atoms with Gasteiger partial charge in [0.2, 0.25) is 5.91 Å². The van der Waals surface area contributed by atoms with Crippen LogP contribution in [0.3, 0.4) is 0 Å². The van der Waals surface area contributed by atoms with E-state index in [1.165, 1.54) is 0 Å². The molecule has 1 aromatic heterocycles. The van der Waals surface area contributed by atoms with Crippen molar-refractivity contribution in [1.82, 2.24) is 14.4 Å². The number of aryl methyl sites for hydroxylation is 1. The van der Waals surface area contributed by atoms with Crippen molar-refractivity contribution in [2.45, 2.75) is 39.3 Å². The van der Waals surface area contributed by atoms with Crippen molar-refractivity contribution < 1.29 is 9.59 Å². The van der Waals surface area contributed by atoms with Crippen LogP contribution < -0.4 is 5.32 Å². The van der Waals surface area contributed by atoms with Gasteiger partial charge in [0.25, 0.3) is 0 Å². The Morgan fingerprint density at radius 3 is 2.63 bits per heavy atom. The molecular weight excluding hydrogens is 378 g/mol. The lowest BCUT2D eigenvalue weighted by molar-refractivity contribution is -0.133. The molecular formula is C23H29N5O2. The highest BCUT2D eigenvalue weighted by Gasteiger charge is 2.35. The van der Waals surface area contributed by atoms with Crippen LogP contribution in [-0.2, 0) is 18.4 Å². The molecule has 0 atom stereocenters. The molecule has 0 radical (unpaired) electrons. The van der Waals surface area contributed by atoms with E-state index in [0.29, 0.717) is 30.3 Å². The summed E-state index contributed by atoms with van der Waals surface area (Å²) in [5.74, 6) is 0.267. The molecule has 1 aliphatic rings. The largest absolute Gasteiger partial charge is 0.353 e.